The third-order valence-electron chi connectivity index (χ3n) is 0. The Morgan fingerprint density at radius 1 is 0.625 bits per heavy atom. The Kier molecular flexibility index (Phi) is 5990. The molecule has 8 heavy (non-hydrogen) atoms. The summed E-state index contributed by atoms with van der Waals surface area (Å²) in [6.07, 6.45) is 0. The molecular weight excluding hydrogens is 148 g/mol. The quantitative estimate of drug-likeness (QED) is 0.428. The van der Waals surface area contributed by atoms with E-state index in [1.165, 1.54) is 0 Å². The van der Waals surface area contributed by atoms with Gasteiger partial charge in [0.05, 0.1) is 0 Å². The molecule has 43 valence electrons. The van der Waals surface area contributed by atoms with Crippen LogP contribution in [-0.4, -0.2) is 20.4 Å². The third-order valence-corrected chi connectivity index (χ3v) is 0. The van der Waals surface area contributed by atoms with Gasteiger partial charge in [0.15, 0.2) is 0 Å². The monoisotopic (exact) mass is 151 g/mol. The van der Waals surface area contributed by atoms with Gasteiger partial charge in [0.1, 0.15) is 0 Å². The Hall–Kier alpha value is -0.458. The Labute approximate surface area is 60.2 Å². The van der Waals surface area contributed by atoms with Gasteiger partial charge < -0.3 is 42.2 Å². The van der Waals surface area contributed by atoms with Crippen LogP contribution in [0.25, 0.3) is 0 Å². The molecule has 0 heterocycles. The van der Waals surface area contributed by atoms with Gasteiger partial charge >= 0.3 is 17.4 Å². The van der Waals surface area contributed by atoms with E-state index in [9.17, 15) is 0 Å². The standard InChI is InChI=1S/3CO.CH3.Cr/c3*1-2;;/h;;;1H3;/q4*-1;+4. The largest absolute Gasteiger partial charge is 4.00 e. The van der Waals surface area contributed by atoms with E-state index in [0.29, 0.717) is 0 Å². The maximum absolute atomic E-state index is 7.50. The van der Waals surface area contributed by atoms with E-state index < -0.39 is 0 Å². The van der Waals surface area contributed by atoms with Crippen molar-refractivity contribution in [2.24, 2.45) is 0 Å². The van der Waals surface area contributed by atoms with Crippen molar-refractivity contribution in [2.45, 2.75) is 0 Å². The molecule has 3 nitrogen and oxygen atoms in total. The molecule has 0 fully saturated rings. The third kappa shape index (κ3) is 546. The molecule has 0 rings (SSSR count). The van der Waals surface area contributed by atoms with Crippen LogP contribution in [0.15, 0.2) is 0 Å². The average Bonchev–Trinajstić information content (AvgIpc) is 1.81. The number of carbonyl (C=O) groups excluding carboxylic acids is 3. The second-order valence-electron chi connectivity index (χ2n) is 0. The van der Waals surface area contributed by atoms with E-state index in [2.05, 4.69) is 20.4 Å². The molecule has 0 saturated heterocycles. The van der Waals surface area contributed by atoms with Crippen molar-refractivity contribution in [3.63, 3.8) is 0 Å². The van der Waals surface area contributed by atoms with Crippen molar-refractivity contribution in [3.8, 4) is 0 Å². The molecule has 0 bridgehead atoms. The predicted octanol–water partition coefficient (Wildman–Crippen LogP) is -0.744. The van der Waals surface area contributed by atoms with Crippen LogP contribution in [0.4, 0.5) is 0 Å². The van der Waals surface area contributed by atoms with Crippen molar-refractivity contribution >= 4 is 20.4 Å². The van der Waals surface area contributed by atoms with Gasteiger partial charge in [-0.3, -0.25) is 0 Å². The number of hydrogen-bond donors (Lipinski definition) is 0. The summed E-state index contributed by atoms with van der Waals surface area (Å²) in [5.74, 6) is 0. The molecule has 0 aliphatic rings. The molecule has 0 spiro atoms. The molecule has 0 aliphatic heterocycles. The first-order chi connectivity index (χ1) is 3.00. The van der Waals surface area contributed by atoms with Crippen LogP contribution < -0.4 is 0 Å². The minimum atomic E-state index is 0. The fourth-order valence-corrected chi connectivity index (χ4v) is 0. The van der Waals surface area contributed by atoms with Gasteiger partial charge in [0.25, 0.3) is 0 Å². The zero-order valence-electron chi connectivity index (χ0n) is 4.13. The summed E-state index contributed by atoms with van der Waals surface area (Å²) in [5, 5.41) is 0. The van der Waals surface area contributed by atoms with Gasteiger partial charge in [-0.05, 0) is 0 Å². The van der Waals surface area contributed by atoms with Crippen molar-refractivity contribution in [2.75, 3.05) is 0 Å². The summed E-state index contributed by atoms with van der Waals surface area (Å²) in [4.78, 5) is 22.5. The SMILES string of the molecule is [C-]=O.[C-]=O.[C-]=O.[CH3-].[Cr+4]. The van der Waals surface area contributed by atoms with Crippen molar-refractivity contribution in [1.82, 2.24) is 0 Å². The number of hydrogen-bond acceptors (Lipinski definition) is 3. The second kappa shape index (κ2) is 960. The van der Waals surface area contributed by atoms with E-state index >= 15 is 0 Å². The zero-order valence-corrected chi connectivity index (χ0v) is 5.41. The van der Waals surface area contributed by atoms with Gasteiger partial charge in [-0.25, -0.2) is 0 Å². The van der Waals surface area contributed by atoms with Crippen LogP contribution in [-0.2, 0) is 31.7 Å². The van der Waals surface area contributed by atoms with E-state index in [4.69, 9.17) is 14.4 Å². The fraction of sp³-hybridized carbons (Fsp3) is 0. The van der Waals surface area contributed by atoms with Crippen LogP contribution >= 0.6 is 0 Å². The van der Waals surface area contributed by atoms with E-state index in [1.807, 2.05) is 0 Å². The normalized spacial score (nSPS) is 1.50. The molecule has 4 heteroatoms. The molecule has 0 aromatic carbocycles. The molecule has 0 aromatic heterocycles. The van der Waals surface area contributed by atoms with E-state index in [1.54, 1.807) is 0 Å². The molecule has 3 radical (unpaired) electrons. The van der Waals surface area contributed by atoms with Gasteiger partial charge in [-0.2, -0.15) is 0 Å². The zero-order chi connectivity index (χ0) is 6.00. The summed E-state index contributed by atoms with van der Waals surface area (Å²) >= 11 is 0. The first-order valence-electron chi connectivity index (χ1n) is 0.612. The van der Waals surface area contributed by atoms with Crippen LogP contribution in [0.2, 0.25) is 0 Å². The summed E-state index contributed by atoms with van der Waals surface area (Å²) in [7, 11) is 0. The molecule has 0 unspecified atom stereocenters. The average molecular weight is 151 g/mol. The molecule has 0 aliphatic carbocycles. The van der Waals surface area contributed by atoms with Gasteiger partial charge in [-0.1, -0.05) is 0 Å². The molecule has 0 saturated carbocycles. The Morgan fingerprint density at radius 2 is 0.625 bits per heavy atom. The van der Waals surface area contributed by atoms with Crippen LogP contribution in [0.5, 0.6) is 0 Å². The Balaban J connectivity index is -0.00000000500. The Morgan fingerprint density at radius 3 is 0.625 bits per heavy atom. The van der Waals surface area contributed by atoms with Gasteiger partial charge in [0.2, 0.25) is 0 Å². The topological polar surface area (TPSA) is 51.2 Å². The molecule has 0 aromatic rings. The summed E-state index contributed by atoms with van der Waals surface area (Å²) in [6, 6.07) is 0. The molecule has 0 N–H and O–H groups in total. The van der Waals surface area contributed by atoms with Crippen LogP contribution in [0.1, 0.15) is 0 Å². The summed E-state index contributed by atoms with van der Waals surface area (Å²) in [6.45, 7) is 13.5. The van der Waals surface area contributed by atoms with E-state index in [-0.39, 0.29) is 24.8 Å². The minimum absolute atomic E-state index is 0. The van der Waals surface area contributed by atoms with E-state index in [0.717, 1.165) is 0 Å². The number of rotatable bonds is 0. The fourth-order valence-electron chi connectivity index (χ4n) is 0. The van der Waals surface area contributed by atoms with Gasteiger partial charge in [0, 0.05) is 0 Å². The van der Waals surface area contributed by atoms with Crippen molar-refractivity contribution in [1.29, 1.82) is 0 Å². The van der Waals surface area contributed by atoms with Crippen molar-refractivity contribution < 1.29 is 31.7 Å². The minimum Gasteiger partial charge on any atom is -0.573 e. The molecule has 0 amide bonds. The smallest absolute Gasteiger partial charge is 0.573 e. The second-order valence-corrected chi connectivity index (χ2v) is 0. The van der Waals surface area contributed by atoms with Gasteiger partial charge in [-0.15, -0.1) is 0 Å². The summed E-state index contributed by atoms with van der Waals surface area (Å²) in [5.41, 5.74) is 0. The Bertz CT molecular complexity index is 16.0. The first-order valence-corrected chi connectivity index (χ1v) is 0.612. The van der Waals surface area contributed by atoms with Crippen LogP contribution in [0.3, 0.4) is 0 Å². The molecule has 0 atom stereocenters. The first kappa shape index (κ1) is 49.9. The predicted molar refractivity (Wildman–Crippen MR) is 23.5 cm³/mol. The summed E-state index contributed by atoms with van der Waals surface area (Å²) < 4.78 is 0. The maximum atomic E-state index is 7.50. The maximum Gasteiger partial charge on any atom is 4.00 e. The molecular formula is C4H3CrO3. The van der Waals surface area contributed by atoms with Crippen LogP contribution in [0, 0.1) is 7.43 Å². The van der Waals surface area contributed by atoms with Crippen molar-refractivity contribution in [3.05, 3.63) is 7.43 Å².